The van der Waals surface area contributed by atoms with Crippen LogP contribution in [0, 0.1) is 11.8 Å². The highest BCUT2D eigenvalue weighted by molar-refractivity contribution is 7.92. The van der Waals surface area contributed by atoms with Crippen molar-refractivity contribution in [1.29, 1.82) is 0 Å². The molecular weight excluding hydrogens is 504 g/mol. The van der Waals surface area contributed by atoms with E-state index in [1.54, 1.807) is 11.0 Å². The maximum absolute atomic E-state index is 13.8. The Bertz CT molecular complexity index is 1260. The molecule has 0 aromatic heterocycles. The molecule has 8 nitrogen and oxygen atoms in total. The molecule has 4 rings (SSSR count). The minimum absolute atomic E-state index is 0.0665. The van der Waals surface area contributed by atoms with E-state index >= 15 is 0 Å². The van der Waals surface area contributed by atoms with Gasteiger partial charge in [0.05, 0.1) is 16.1 Å². The Morgan fingerprint density at radius 1 is 1.11 bits per heavy atom. The molecule has 0 aliphatic carbocycles. The van der Waals surface area contributed by atoms with Crippen LogP contribution in [0.5, 0.6) is 5.75 Å². The number of carbonyl (C=O) groups is 2. The molecule has 1 fully saturated rings. The Morgan fingerprint density at radius 3 is 2.34 bits per heavy atom. The summed E-state index contributed by atoms with van der Waals surface area (Å²) in [5.41, 5.74) is 2.01. The number of anilines is 1. The molecule has 0 spiro atoms. The summed E-state index contributed by atoms with van der Waals surface area (Å²) in [7, 11) is -3.91. The van der Waals surface area contributed by atoms with Crippen LogP contribution in [0.3, 0.4) is 0 Å². The molecule has 0 bridgehead atoms. The Kier molecular flexibility index (Phi) is 8.47. The molecule has 1 unspecified atom stereocenters. The highest BCUT2D eigenvalue weighted by Gasteiger charge is 2.37. The standard InChI is InChI=1S/C29H38N2O6S/c1-5-21-6-8-23(9-7-21)31(18-19(2)3)38(35,36)24-10-11-27-25(16-24)26(33)17-28(37-27)22-12-14-30(15-13-22)29(34)20(4)32/h6-11,16,19-20,22,28,32H,5,12-15,17-18H2,1-4H3/t20-,28?/m0/s1. The van der Waals surface area contributed by atoms with Gasteiger partial charge in [-0.25, -0.2) is 8.42 Å². The molecule has 0 saturated carbocycles. The lowest BCUT2D eigenvalue weighted by Crippen LogP contribution is -2.46. The number of hydrogen-bond acceptors (Lipinski definition) is 6. The summed E-state index contributed by atoms with van der Waals surface area (Å²) in [6, 6.07) is 12.1. The number of amides is 1. The maximum atomic E-state index is 13.8. The predicted octanol–water partition coefficient (Wildman–Crippen LogP) is 4.05. The van der Waals surface area contributed by atoms with Gasteiger partial charge in [-0.15, -0.1) is 0 Å². The second-order valence-corrected chi connectivity index (χ2v) is 12.6. The number of rotatable bonds is 8. The second-order valence-electron chi connectivity index (χ2n) is 10.7. The van der Waals surface area contributed by atoms with Gasteiger partial charge in [-0.05, 0) is 73.9 Å². The van der Waals surface area contributed by atoms with Gasteiger partial charge in [-0.3, -0.25) is 13.9 Å². The van der Waals surface area contributed by atoms with Crippen molar-refractivity contribution in [2.45, 2.75) is 70.5 Å². The molecule has 2 aromatic rings. The van der Waals surface area contributed by atoms with Gasteiger partial charge < -0.3 is 14.7 Å². The molecule has 2 aromatic carbocycles. The number of ketones is 1. The number of benzene rings is 2. The van der Waals surface area contributed by atoms with Gasteiger partial charge in [0.1, 0.15) is 18.0 Å². The minimum atomic E-state index is -3.91. The Labute approximate surface area is 225 Å². The van der Waals surface area contributed by atoms with Crippen LogP contribution in [0.25, 0.3) is 0 Å². The van der Waals surface area contributed by atoms with E-state index in [-0.39, 0.29) is 46.5 Å². The fraction of sp³-hybridized carbons (Fsp3) is 0.517. The van der Waals surface area contributed by atoms with E-state index in [0.717, 1.165) is 12.0 Å². The first kappa shape index (κ1) is 28.1. The van der Waals surface area contributed by atoms with E-state index in [9.17, 15) is 23.1 Å². The van der Waals surface area contributed by atoms with Crippen molar-refractivity contribution in [1.82, 2.24) is 4.90 Å². The van der Waals surface area contributed by atoms with Crippen LogP contribution in [0.2, 0.25) is 0 Å². The Morgan fingerprint density at radius 2 is 1.76 bits per heavy atom. The van der Waals surface area contributed by atoms with Crippen molar-refractivity contribution in [2.24, 2.45) is 11.8 Å². The number of aliphatic hydroxyl groups is 1. The number of likely N-dealkylation sites (tertiary alicyclic amines) is 1. The normalized spacial score (nSPS) is 19.2. The van der Waals surface area contributed by atoms with E-state index in [0.29, 0.717) is 43.9 Å². The third-order valence-corrected chi connectivity index (χ3v) is 9.19. The lowest BCUT2D eigenvalue weighted by molar-refractivity contribution is -0.141. The third-order valence-electron chi connectivity index (χ3n) is 7.40. The van der Waals surface area contributed by atoms with Crippen LogP contribution < -0.4 is 9.04 Å². The largest absolute Gasteiger partial charge is 0.489 e. The number of ether oxygens (including phenoxy) is 1. The molecule has 2 aliphatic rings. The maximum Gasteiger partial charge on any atom is 0.264 e. The van der Waals surface area contributed by atoms with Crippen LogP contribution >= 0.6 is 0 Å². The molecule has 9 heteroatoms. The summed E-state index contributed by atoms with van der Waals surface area (Å²) in [6.07, 6.45) is 1.04. The topological polar surface area (TPSA) is 104 Å². The first-order valence-electron chi connectivity index (χ1n) is 13.4. The number of carbonyl (C=O) groups excluding carboxylic acids is 2. The summed E-state index contributed by atoms with van der Waals surface area (Å²) in [4.78, 5) is 27.0. The van der Waals surface area contributed by atoms with Crippen LogP contribution in [0.1, 0.15) is 62.9 Å². The summed E-state index contributed by atoms with van der Waals surface area (Å²) in [5, 5.41) is 9.57. The van der Waals surface area contributed by atoms with Crippen molar-refractivity contribution in [3.8, 4) is 5.75 Å². The number of aliphatic hydroxyl groups excluding tert-OH is 1. The van der Waals surface area contributed by atoms with E-state index in [1.165, 1.54) is 23.4 Å². The molecule has 1 amide bonds. The molecule has 1 saturated heterocycles. The van der Waals surface area contributed by atoms with Gasteiger partial charge in [-0.2, -0.15) is 0 Å². The molecule has 0 radical (unpaired) electrons. The molecular formula is C29H38N2O6S. The summed E-state index contributed by atoms with van der Waals surface area (Å²) in [5.74, 6) is 0.173. The number of piperidine rings is 1. The van der Waals surface area contributed by atoms with E-state index < -0.39 is 16.1 Å². The Balaban J connectivity index is 1.54. The van der Waals surface area contributed by atoms with Gasteiger partial charge in [0.15, 0.2) is 5.78 Å². The fourth-order valence-corrected chi connectivity index (χ4v) is 6.86. The number of aryl methyl sites for hydroxylation is 1. The monoisotopic (exact) mass is 542 g/mol. The predicted molar refractivity (Wildman–Crippen MR) is 146 cm³/mol. The smallest absolute Gasteiger partial charge is 0.264 e. The zero-order valence-corrected chi connectivity index (χ0v) is 23.4. The van der Waals surface area contributed by atoms with E-state index in [4.69, 9.17) is 4.74 Å². The van der Waals surface area contributed by atoms with Crippen molar-refractivity contribution >= 4 is 27.4 Å². The van der Waals surface area contributed by atoms with Crippen molar-refractivity contribution in [2.75, 3.05) is 23.9 Å². The quantitative estimate of drug-likeness (QED) is 0.540. The fourth-order valence-electron chi connectivity index (χ4n) is 5.21. The third kappa shape index (κ3) is 5.89. The number of nitrogens with zero attached hydrogens (tertiary/aromatic N) is 2. The zero-order valence-electron chi connectivity index (χ0n) is 22.6. The van der Waals surface area contributed by atoms with Crippen LogP contribution in [0.15, 0.2) is 47.4 Å². The second kappa shape index (κ2) is 11.5. The van der Waals surface area contributed by atoms with Gasteiger partial charge in [0, 0.05) is 26.1 Å². The summed E-state index contributed by atoms with van der Waals surface area (Å²) in [6.45, 7) is 8.79. The first-order chi connectivity index (χ1) is 18.0. The van der Waals surface area contributed by atoms with Crippen molar-refractivity contribution in [3.63, 3.8) is 0 Å². The number of sulfonamides is 1. The Hall–Kier alpha value is -2.91. The molecule has 2 atom stereocenters. The van der Waals surface area contributed by atoms with Gasteiger partial charge in [-0.1, -0.05) is 32.9 Å². The molecule has 2 aliphatic heterocycles. The highest BCUT2D eigenvalue weighted by atomic mass is 32.2. The van der Waals surface area contributed by atoms with Gasteiger partial charge >= 0.3 is 0 Å². The highest BCUT2D eigenvalue weighted by Crippen LogP contribution is 2.36. The summed E-state index contributed by atoms with van der Waals surface area (Å²) >= 11 is 0. The average molecular weight is 543 g/mol. The lowest BCUT2D eigenvalue weighted by Gasteiger charge is -2.38. The zero-order chi connectivity index (χ0) is 27.6. The van der Waals surface area contributed by atoms with Crippen molar-refractivity contribution in [3.05, 3.63) is 53.6 Å². The van der Waals surface area contributed by atoms with Crippen molar-refractivity contribution < 1.29 is 27.9 Å². The number of Topliss-reactive ketones (excluding diaryl/α,β-unsaturated/α-hetero) is 1. The SMILES string of the molecule is CCc1ccc(N(CC(C)C)S(=O)(=O)c2ccc3c(c2)C(=O)CC(C2CCN(C(=O)[C@H](C)O)CC2)O3)cc1. The molecule has 38 heavy (non-hydrogen) atoms. The van der Waals surface area contributed by atoms with Crippen LogP contribution in [0.4, 0.5) is 5.69 Å². The van der Waals surface area contributed by atoms with Gasteiger partial charge in [0.25, 0.3) is 15.9 Å². The number of hydrogen-bond donors (Lipinski definition) is 1. The molecule has 1 N–H and O–H groups in total. The molecule has 206 valence electrons. The lowest BCUT2D eigenvalue weighted by atomic mass is 9.86. The van der Waals surface area contributed by atoms with Crippen LogP contribution in [-0.4, -0.2) is 62.0 Å². The van der Waals surface area contributed by atoms with E-state index in [2.05, 4.69) is 6.92 Å². The summed E-state index contributed by atoms with van der Waals surface area (Å²) < 4.78 is 35.2. The average Bonchev–Trinajstić information content (AvgIpc) is 2.91. The molecule has 2 heterocycles. The first-order valence-corrected chi connectivity index (χ1v) is 14.9. The van der Waals surface area contributed by atoms with E-state index in [1.807, 2.05) is 38.1 Å². The van der Waals surface area contributed by atoms with Crippen LogP contribution in [-0.2, 0) is 21.2 Å². The minimum Gasteiger partial charge on any atom is -0.489 e. The number of fused-ring (bicyclic) bond motifs is 1. The van der Waals surface area contributed by atoms with Gasteiger partial charge in [0.2, 0.25) is 0 Å².